The van der Waals surface area contributed by atoms with E-state index in [0.717, 1.165) is 6.42 Å². The van der Waals surface area contributed by atoms with Gasteiger partial charge in [0.2, 0.25) is 0 Å². The summed E-state index contributed by atoms with van der Waals surface area (Å²) in [5.74, 6) is 0. The number of hydrogen-bond donors (Lipinski definition) is 2. The summed E-state index contributed by atoms with van der Waals surface area (Å²) in [6, 6.07) is -0.00105. The summed E-state index contributed by atoms with van der Waals surface area (Å²) in [6.45, 7) is 0.191. The zero-order valence-electron chi connectivity index (χ0n) is 11.0. The number of aliphatic hydroxyl groups is 1. The maximum absolute atomic E-state index is 12.0. The minimum Gasteiger partial charge on any atom is -0.394 e. The van der Waals surface area contributed by atoms with Crippen LogP contribution in [0.15, 0.2) is 0 Å². The van der Waals surface area contributed by atoms with Crippen molar-refractivity contribution in [3.8, 4) is 0 Å². The van der Waals surface area contributed by atoms with Gasteiger partial charge in [-0.15, -0.1) is 13.2 Å². The molecular formula is C12H20F3NO4. The fourth-order valence-corrected chi connectivity index (χ4v) is 2.49. The van der Waals surface area contributed by atoms with Crippen LogP contribution in [0.5, 0.6) is 0 Å². The molecule has 0 spiro atoms. The van der Waals surface area contributed by atoms with Gasteiger partial charge in [0.05, 0.1) is 31.5 Å². The molecule has 5 nitrogen and oxygen atoms in total. The van der Waals surface area contributed by atoms with Crippen molar-refractivity contribution in [3.63, 3.8) is 0 Å². The lowest BCUT2D eigenvalue weighted by atomic mass is 9.91. The lowest BCUT2D eigenvalue weighted by molar-refractivity contribution is -0.359. The Hall–Kier alpha value is -0.410. The normalized spacial score (nSPS) is 36.5. The second-order valence-electron chi connectivity index (χ2n) is 5.35. The highest BCUT2D eigenvalue weighted by atomic mass is 19.4. The lowest BCUT2D eigenvalue weighted by Gasteiger charge is -2.39. The average molecular weight is 299 g/mol. The van der Waals surface area contributed by atoms with Gasteiger partial charge in [-0.3, -0.25) is 4.74 Å². The van der Waals surface area contributed by atoms with Gasteiger partial charge in [0.15, 0.2) is 0 Å². The summed E-state index contributed by atoms with van der Waals surface area (Å²) in [6.07, 6.45) is -4.70. The van der Waals surface area contributed by atoms with Gasteiger partial charge in [0, 0.05) is 18.9 Å². The Bertz CT molecular complexity index is 302. The first kappa shape index (κ1) is 16.0. The van der Waals surface area contributed by atoms with Crippen molar-refractivity contribution in [3.05, 3.63) is 0 Å². The number of alkyl halides is 3. The molecule has 1 saturated carbocycles. The topological polar surface area (TPSA) is 73.9 Å². The second kappa shape index (κ2) is 6.57. The Morgan fingerprint density at radius 1 is 1.25 bits per heavy atom. The predicted molar refractivity (Wildman–Crippen MR) is 62.9 cm³/mol. The standard InChI is InChI=1S/C12H20F3NO4/c13-12(14,15)20-9-3-8(4-9)19-11(5-17)10-2-1-7(16)6-18-10/h7-11,17H,1-6,16H2/t7-,8?,9?,10+,11?/m1/s1. The first-order valence-electron chi connectivity index (χ1n) is 6.75. The minimum atomic E-state index is -4.60. The predicted octanol–water partition coefficient (Wildman–Crippen LogP) is 0.938. The van der Waals surface area contributed by atoms with E-state index in [-0.39, 0.29) is 37.7 Å². The summed E-state index contributed by atoms with van der Waals surface area (Å²) in [4.78, 5) is 0. The molecule has 0 bridgehead atoms. The van der Waals surface area contributed by atoms with Crippen molar-refractivity contribution in [1.29, 1.82) is 0 Å². The molecule has 2 rings (SSSR count). The van der Waals surface area contributed by atoms with Crippen LogP contribution in [0, 0.1) is 0 Å². The van der Waals surface area contributed by atoms with Crippen LogP contribution in [-0.4, -0.2) is 55.1 Å². The Labute approximate surface area is 115 Å². The zero-order valence-corrected chi connectivity index (χ0v) is 11.0. The fraction of sp³-hybridized carbons (Fsp3) is 1.00. The van der Waals surface area contributed by atoms with E-state index in [9.17, 15) is 18.3 Å². The van der Waals surface area contributed by atoms with Gasteiger partial charge in [-0.1, -0.05) is 0 Å². The highest BCUT2D eigenvalue weighted by Crippen LogP contribution is 2.33. The van der Waals surface area contributed by atoms with Crippen LogP contribution in [0.2, 0.25) is 0 Å². The third-order valence-corrected chi connectivity index (χ3v) is 3.66. The second-order valence-corrected chi connectivity index (χ2v) is 5.35. The van der Waals surface area contributed by atoms with Crippen LogP contribution >= 0.6 is 0 Å². The van der Waals surface area contributed by atoms with Crippen LogP contribution in [0.1, 0.15) is 25.7 Å². The van der Waals surface area contributed by atoms with Crippen LogP contribution < -0.4 is 5.73 Å². The molecule has 118 valence electrons. The molecule has 0 aromatic carbocycles. The highest BCUT2D eigenvalue weighted by molar-refractivity contribution is 4.85. The maximum Gasteiger partial charge on any atom is 0.522 e. The smallest absolute Gasteiger partial charge is 0.394 e. The molecule has 3 atom stereocenters. The lowest BCUT2D eigenvalue weighted by Crippen LogP contribution is -2.48. The molecule has 2 aliphatic rings. The van der Waals surface area contributed by atoms with Crippen LogP contribution in [0.3, 0.4) is 0 Å². The van der Waals surface area contributed by atoms with E-state index in [2.05, 4.69) is 4.74 Å². The largest absolute Gasteiger partial charge is 0.522 e. The fourth-order valence-electron chi connectivity index (χ4n) is 2.49. The van der Waals surface area contributed by atoms with E-state index in [1.807, 2.05) is 0 Å². The zero-order chi connectivity index (χ0) is 14.8. The molecule has 0 aromatic heterocycles. The van der Waals surface area contributed by atoms with Gasteiger partial charge in [0.25, 0.3) is 0 Å². The third kappa shape index (κ3) is 4.56. The number of nitrogens with two attached hydrogens (primary N) is 1. The van der Waals surface area contributed by atoms with Crippen LogP contribution in [-0.2, 0) is 14.2 Å². The maximum atomic E-state index is 12.0. The van der Waals surface area contributed by atoms with Gasteiger partial charge in [-0.25, -0.2) is 0 Å². The van der Waals surface area contributed by atoms with E-state index >= 15 is 0 Å². The molecule has 0 amide bonds. The summed E-state index contributed by atoms with van der Waals surface area (Å²) < 4.78 is 50.9. The monoisotopic (exact) mass is 299 g/mol. The SMILES string of the molecule is N[C@@H]1CC[C@@H](C(CO)OC2CC(OC(F)(F)F)C2)OC1. The number of rotatable bonds is 5. The first-order valence-corrected chi connectivity index (χ1v) is 6.75. The molecule has 8 heteroatoms. The highest BCUT2D eigenvalue weighted by Gasteiger charge is 2.42. The molecule has 1 saturated heterocycles. The van der Waals surface area contributed by atoms with E-state index in [0.29, 0.717) is 13.0 Å². The van der Waals surface area contributed by atoms with Crippen molar-refractivity contribution >= 4 is 0 Å². The Morgan fingerprint density at radius 3 is 2.45 bits per heavy atom. The van der Waals surface area contributed by atoms with Crippen molar-refractivity contribution < 1.29 is 32.5 Å². The van der Waals surface area contributed by atoms with Gasteiger partial charge in [-0.2, -0.15) is 0 Å². The van der Waals surface area contributed by atoms with Crippen LogP contribution in [0.25, 0.3) is 0 Å². The average Bonchev–Trinajstić information content (AvgIpc) is 2.32. The van der Waals surface area contributed by atoms with Crippen molar-refractivity contribution in [1.82, 2.24) is 0 Å². The molecule has 3 N–H and O–H groups in total. The number of aliphatic hydroxyl groups excluding tert-OH is 1. The van der Waals surface area contributed by atoms with Gasteiger partial charge >= 0.3 is 6.36 Å². The van der Waals surface area contributed by atoms with E-state index in [4.69, 9.17) is 15.2 Å². The van der Waals surface area contributed by atoms with Crippen molar-refractivity contribution in [2.45, 2.75) is 62.5 Å². The number of hydrogen-bond acceptors (Lipinski definition) is 5. The molecule has 2 fully saturated rings. The molecule has 1 aliphatic heterocycles. The number of halogens is 3. The number of ether oxygens (including phenoxy) is 3. The Kier molecular flexibility index (Phi) is 5.25. The molecule has 20 heavy (non-hydrogen) atoms. The van der Waals surface area contributed by atoms with Crippen molar-refractivity contribution in [2.24, 2.45) is 5.73 Å². The molecular weight excluding hydrogens is 279 g/mol. The summed E-state index contributed by atoms with van der Waals surface area (Å²) in [5.41, 5.74) is 5.70. The summed E-state index contributed by atoms with van der Waals surface area (Å²) in [5, 5.41) is 9.32. The molecule has 0 aromatic rings. The molecule has 1 aliphatic carbocycles. The van der Waals surface area contributed by atoms with Gasteiger partial charge < -0.3 is 20.3 Å². The molecule has 0 radical (unpaired) electrons. The first-order chi connectivity index (χ1) is 9.37. The third-order valence-electron chi connectivity index (χ3n) is 3.66. The van der Waals surface area contributed by atoms with E-state index < -0.39 is 18.6 Å². The minimum absolute atomic E-state index is 0.00105. The van der Waals surface area contributed by atoms with Gasteiger partial charge in [-0.05, 0) is 12.8 Å². The van der Waals surface area contributed by atoms with Gasteiger partial charge in [0.1, 0.15) is 6.10 Å². The molecule has 1 heterocycles. The Balaban J connectivity index is 1.70. The van der Waals surface area contributed by atoms with Crippen LogP contribution in [0.4, 0.5) is 13.2 Å². The van der Waals surface area contributed by atoms with Crippen molar-refractivity contribution in [2.75, 3.05) is 13.2 Å². The van der Waals surface area contributed by atoms with E-state index in [1.54, 1.807) is 0 Å². The quantitative estimate of drug-likeness (QED) is 0.790. The van der Waals surface area contributed by atoms with E-state index in [1.165, 1.54) is 0 Å². The summed E-state index contributed by atoms with van der Waals surface area (Å²) in [7, 11) is 0. The Morgan fingerprint density at radius 2 is 1.95 bits per heavy atom. The molecule has 1 unspecified atom stereocenters. The summed E-state index contributed by atoms with van der Waals surface area (Å²) >= 11 is 0.